The van der Waals surface area contributed by atoms with Gasteiger partial charge in [0.1, 0.15) is 0 Å². The van der Waals surface area contributed by atoms with E-state index >= 15 is 0 Å². The van der Waals surface area contributed by atoms with Gasteiger partial charge in [0.05, 0.1) is 6.61 Å². The second-order valence-electron chi connectivity index (χ2n) is 13.9. The van der Waals surface area contributed by atoms with Crippen LogP contribution in [0, 0.1) is 11.8 Å². The average Bonchev–Trinajstić information content (AvgIpc) is 2.94. The van der Waals surface area contributed by atoms with Crippen molar-refractivity contribution in [2.24, 2.45) is 0 Å². The number of carbonyl (C=O) groups excluding carboxylic acids is 3. The molecule has 0 N–H and O–H groups in total. The van der Waals surface area contributed by atoms with Gasteiger partial charge in [-0.1, -0.05) is 114 Å². The number of esters is 2. The van der Waals surface area contributed by atoms with E-state index in [1.54, 1.807) is 0 Å². The lowest BCUT2D eigenvalue weighted by Crippen LogP contribution is -2.66. The lowest BCUT2D eigenvalue weighted by Gasteiger charge is -2.43. The first kappa shape index (κ1) is 38.1. The zero-order valence-electron chi connectivity index (χ0n) is 28.8. The van der Waals surface area contributed by atoms with E-state index in [-0.39, 0.29) is 28.9 Å². The first-order valence-electron chi connectivity index (χ1n) is 15.7. The quantitative estimate of drug-likeness (QED) is 0.104. The van der Waals surface area contributed by atoms with Crippen molar-refractivity contribution < 1.29 is 32.7 Å². The fraction of sp³-hybridized carbons (Fsp3) is 0.528. The normalized spacial score (nSPS) is 13.6. The molecule has 0 radical (unpaired) electrons. The minimum Gasteiger partial charge on any atom is -0.449 e. The molecule has 0 aliphatic rings. The molecule has 2 rings (SSSR count). The number of benzene rings is 2. The SMILES string of the molecule is CC(=O)O[C@@H](C#CCO[Si](C)(C)C(C)(C)C)[C@@H](OC(C)=O)C(=O)CCCCO[Si](c1ccccc1)(c1ccccc1)C(C)(C)C. The molecule has 9 heteroatoms. The van der Waals surface area contributed by atoms with E-state index in [2.05, 4.69) is 90.7 Å². The van der Waals surface area contributed by atoms with Crippen LogP contribution < -0.4 is 10.4 Å². The summed E-state index contributed by atoms with van der Waals surface area (Å²) in [4.78, 5) is 37.3. The maximum atomic E-state index is 13.4. The van der Waals surface area contributed by atoms with Gasteiger partial charge < -0.3 is 18.3 Å². The Morgan fingerprint density at radius 2 is 1.24 bits per heavy atom. The number of hydrogen-bond donors (Lipinski definition) is 0. The lowest BCUT2D eigenvalue weighted by atomic mass is 10.0. The van der Waals surface area contributed by atoms with E-state index in [4.69, 9.17) is 18.3 Å². The Balaban J connectivity index is 2.18. The van der Waals surface area contributed by atoms with Crippen LogP contribution in [0.1, 0.15) is 74.7 Å². The Labute approximate surface area is 272 Å². The summed E-state index contributed by atoms with van der Waals surface area (Å²) in [7, 11) is -4.74. The molecule has 7 nitrogen and oxygen atoms in total. The largest absolute Gasteiger partial charge is 0.449 e. The summed E-state index contributed by atoms with van der Waals surface area (Å²) in [5.74, 6) is 4.08. The summed E-state index contributed by atoms with van der Waals surface area (Å²) in [5, 5.41) is 2.22. The van der Waals surface area contributed by atoms with Gasteiger partial charge in [-0.3, -0.25) is 14.4 Å². The van der Waals surface area contributed by atoms with Crippen molar-refractivity contribution >= 4 is 44.7 Å². The van der Waals surface area contributed by atoms with Crippen LogP contribution in [0.25, 0.3) is 0 Å². The van der Waals surface area contributed by atoms with Crippen molar-refractivity contribution in [3.8, 4) is 11.8 Å². The monoisotopic (exact) mass is 652 g/mol. The molecule has 2 aromatic carbocycles. The molecule has 0 bridgehead atoms. The van der Waals surface area contributed by atoms with Crippen molar-refractivity contribution in [2.75, 3.05) is 13.2 Å². The minimum absolute atomic E-state index is 0.00114. The summed E-state index contributed by atoms with van der Waals surface area (Å²) in [6.45, 7) is 20.3. The van der Waals surface area contributed by atoms with Crippen molar-refractivity contribution in [2.45, 2.75) is 110 Å². The number of hydrogen-bond acceptors (Lipinski definition) is 7. The van der Waals surface area contributed by atoms with Gasteiger partial charge in [-0.05, 0) is 46.4 Å². The number of unbranched alkanes of at least 4 members (excludes halogenated alkanes) is 1. The molecule has 246 valence electrons. The number of Topliss-reactive ketones (excluding diaryl/α,β-unsaturated/α-hetero) is 1. The molecule has 45 heavy (non-hydrogen) atoms. The van der Waals surface area contributed by atoms with Crippen LogP contribution in [0.15, 0.2) is 60.7 Å². The highest BCUT2D eigenvalue weighted by atomic mass is 28.4. The maximum Gasteiger partial charge on any atom is 0.304 e. The van der Waals surface area contributed by atoms with Crippen LogP contribution in [0.4, 0.5) is 0 Å². The number of carbonyl (C=O) groups is 3. The van der Waals surface area contributed by atoms with E-state index in [9.17, 15) is 14.4 Å². The molecule has 2 aromatic rings. The van der Waals surface area contributed by atoms with Crippen LogP contribution >= 0.6 is 0 Å². The fourth-order valence-corrected chi connectivity index (χ4v) is 10.4. The molecular weight excluding hydrogens is 601 g/mol. The van der Waals surface area contributed by atoms with E-state index in [0.717, 1.165) is 0 Å². The maximum absolute atomic E-state index is 13.4. The zero-order valence-corrected chi connectivity index (χ0v) is 30.8. The molecular formula is C36H52O7Si2. The zero-order chi connectivity index (χ0) is 33.9. The summed E-state index contributed by atoms with van der Waals surface area (Å²) in [6, 6.07) is 20.8. The molecule has 0 aromatic heterocycles. The molecule has 0 unspecified atom stereocenters. The second-order valence-corrected chi connectivity index (χ2v) is 23.0. The third-order valence-electron chi connectivity index (χ3n) is 8.29. The van der Waals surface area contributed by atoms with Crippen LogP contribution in [-0.4, -0.2) is 59.8 Å². The average molecular weight is 653 g/mol. The Morgan fingerprint density at radius 1 is 0.733 bits per heavy atom. The lowest BCUT2D eigenvalue weighted by molar-refractivity contribution is -0.165. The van der Waals surface area contributed by atoms with E-state index in [1.807, 2.05) is 36.4 Å². The molecule has 0 spiro atoms. The summed E-state index contributed by atoms with van der Waals surface area (Å²) >= 11 is 0. The Hall–Kier alpha value is -3.04. The highest BCUT2D eigenvalue weighted by Gasteiger charge is 2.50. The molecule has 0 heterocycles. The van der Waals surface area contributed by atoms with Gasteiger partial charge in [0.2, 0.25) is 12.2 Å². The predicted octanol–water partition coefficient (Wildman–Crippen LogP) is 6.19. The molecule has 0 amide bonds. The summed E-state index contributed by atoms with van der Waals surface area (Å²) < 4.78 is 23.8. The molecule has 0 saturated heterocycles. The topological polar surface area (TPSA) is 88.1 Å². The van der Waals surface area contributed by atoms with Crippen LogP contribution in [0.2, 0.25) is 23.2 Å². The Kier molecular flexibility index (Phi) is 14.0. The van der Waals surface area contributed by atoms with Gasteiger partial charge in [-0.15, -0.1) is 0 Å². The smallest absolute Gasteiger partial charge is 0.304 e. The van der Waals surface area contributed by atoms with E-state index in [0.29, 0.717) is 19.4 Å². The third kappa shape index (κ3) is 10.8. The van der Waals surface area contributed by atoms with Crippen molar-refractivity contribution in [1.29, 1.82) is 0 Å². The first-order valence-corrected chi connectivity index (χ1v) is 20.5. The first-order chi connectivity index (χ1) is 20.9. The highest BCUT2D eigenvalue weighted by Crippen LogP contribution is 2.37. The van der Waals surface area contributed by atoms with Crippen LogP contribution in [0.3, 0.4) is 0 Å². The van der Waals surface area contributed by atoms with Gasteiger partial charge >= 0.3 is 11.9 Å². The Morgan fingerprint density at radius 3 is 1.69 bits per heavy atom. The Bertz CT molecular complexity index is 1280. The molecule has 0 aliphatic carbocycles. The minimum atomic E-state index is -2.69. The molecule has 0 saturated carbocycles. The van der Waals surface area contributed by atoms with Gasteiger partial charge in [-0.2, -0.15) is 0 Å². The summed E-state index contributed by atoms with van der Waals surface area (Å²) in [5.41, 5.74) is 0. The van der Waals surface area contributed by atoms with E-state index < -0.39 is 40.8 Å². The van der Waals surface area contributed by atoms with Crippen molar-refractivity contribution in [3.05, 3.63) is 60.7 Å². The molecule has 0 fully saturated rings. The van der Waals surface area contributed by atoms with Crippen LogP contribution in [0.5, 0.6) is 0 Å². The fourth-order valence-electron chi connectivity index (χ4n) is 4.93. The van der Waals surface area contributed by atoms with Gasteiger partial charge in [0, 0.05) is 26.9 Å². The standard InChI is InChI=1S/C36H52O7Si2/c1-28(37)42-33(25-19-27-40-44(9,10)35(3,4)5)34(43-29(2)38)32(39)24-17-18-26-41-45(36(6,7)8,30-20-13-11-14-21-30)31-22-15-12-16-23-31/h11-16,20-23,33-34H,17-18,24,26-27H2,1-10H3/t33-,34-/m0/s1. The number of ether oxygens (including phenoxy) is 2. The van der Waals surface area contributed by atoms with Gasteiger partial charge in [-0.25, -0.2) is 0 Å². The van der Waals surface area contributed by atoms with Gasteiger partial charge in [0.15, 0.2) is 14.1 Å². The summed E-state index contributed by atoms with van der Waals surface area (Å²) in [6.07, 6.45) is -1.32. The predicted molar refractivity (Wildman–Crippen MR) is 184 cm³/mol. The number of rotatable bonds is 14. The van der Waals surface area contributed by atoms with Crippen LogP contribution in [-0.2, 0) is 32.7 Å². The van der Waals surface area contributed by atoms with E-state index in [1.165, 1.54) is 24.2 Å². The van der Waals surface area contributed by atoms with Gasteiger partial charge in [0.25, 0.3) is 8.32 Å². The second kappa shape index (κ2) is 16.5. The number of ketones is 1. The van der Waals surface area contributed by atoms with Crippen molar-refractivity contribution in [3.63, 3.8) is 0 Å². The van der Waals surface area contributed by atoms with Crippen molar-refractivity contribution in [1.82, 2.24) is 0 Å². The third-order valence-corrected chi connectivity index (χ3v) is 17.8. The highest BCUT2D eigenvalue weighted by molar-refractivity contribution is 6.99. The molecule has 2 atom stereocenters. The molecule has 0 aliphatic heterocycles.